The fraction of sp³-hybridized carbons (Fsp3) is 0.632. The molecule has 2 amide bonds. The third kappa shape index (κ3) is 4.28. The lowest BCUT2D eigenvalue weighted by Crippen LogP contribution is -2.55. The normalized spacial score (nSPS) is 26.8. The molecule has 4 rings (SSSR count). The van der Waals surface area contributed by atoms with Crippen molar-refractivity contribution in [3.8, 4) is 0 Å². The van der Waals surface area contributed by atoms with Crippen LogP contribution in [0, 0.1) is 0 Å². The lowest BCUT2D eigenvalue weighted by molar-refractivity contribution is -0.165. The predicted octanol–water partition coefficient (Wildman–Crippen LogP) is -0.466. The zero-order valence-electron chi connectivity index (χ0n) is 15.5. The molecular formula is C19H27N5O3. The summed E-state index contributed by atoms with van der Waals surface area (Å²) >= 11 is 0. The van der Waals surface area contributed by atoms with E-state index in [0.717, 1.165) is 51.1 Å². The number of piperazine rings is 1. The van der Waals surface area contributed by atoms with Gasteiger partial charge in [0.05, 0.1) is 6.04 Å². The molecule has 3 fully saturated rings. The fourth-order valence-electron chi connectivity index (χ4n) is 3.89. The van der Waals surface area contributed by atoms with Crippen LogP contribution in [-0.4, -0.2) is 84.6 Å². The zero-order valence-corrected chi connectivity index (χ0v) is 15.5. The van der Waals surface area contributed by atoms with Crippen LogP contribution in [0.5, 0.6) is 0 Å². The average molecular weight is 373 g/mol. The van der Waals surface area contributed by atoms with E-state index in [2.05, 4.69) is 20.5 Å². The monoisotopic (exact) mass is 373 g/mol. The minimum Gasteiger partial charge on any atom is -0.356 e. The minimum atomic E-state index is -0.699. The summed E-state index contributed by atoms with van der Waals surface area (Å²) in [5, 5.41) is 6.33. The first-order chi connectivity index (χ1) is 13.2. The van der Waals surface area contributed by atoms with Gasteiger partial charge in [-0.3, -0.25) is 19.5 Å². The SMILES string of the molecule is O=C(NCCN1CCNCC1)[C@H]1OCC(=O)N(C2CC2)[C@@H]1c1cccnc1. The van der Waals surface area contributed by atoms with Gasteiger partial charge in [-0.2, -0.15) is 0 Å². The zero-order chi connectivity index (χ0) is 18.6. The number of pyridine rings is 1. The number of rotatable bonds is 6. The molecule has 0 radical (unpaired) electrons. The van der Waals surface area contributed by atoms with Crippen molar-refractivity contribution < 1.29 is 14.3 Å². The maximum absolute atomic E-state index is 12.9. The van der Waals surface area contributed by atoms with Crippen molar-refractivity contribution in [2.24, 2.45) is 0 Å². The van der Waals surface area contributed by atoms with Gasteiger partial charge in [-0.25, -0.2) is 0 Å². The number of hydrogen-bond donors (Lipinski definition) is 2. The molecule has 8 nitrogen and oxygen atoms in total. The third-order valence-electron chi connectivity index (χ3n) is 5.42. The Morgan fingerprint density at radius 1 is 1.33 bits per heavy atom. The number of carbonyl (C=O) groups excluding carboxylic acids is 2. The van der Waals surface area contributed by atoms with Gasteiger partial charge in [0.25, 0.3) is 5.91 Å². The van der Waals surface area contributed by atoms with Crippen LogP contribution in [0.3, 0.4) is 0 Å². The van der Waals surface area contributed by atoms with Crippen molar-refractivity contribution >= 4 is 11.8 Å². The number of amides is 2. The van der Waals surface area contributed by atoms with Gasteiger partial charge in [-0.05, 0) is 24.5 Å². The molecule has 0 aromatic carbocycles. The highest BCUT2D eigenvalue weighted by Gasteiger charge is 2.47. The summed E-state index contributed by atoms with van der Waals surface area (Å²) in [4.78, 5) is 33.7. The topological polar surface area (TPSA) is 86.8 Å². The highest BCUT2D eigenvalue weighted by atomic mass is 16.5. The lowest BCUT2D eigenvalue weighted by atomic mass is 9.98. The molecule has 1 aliphatic carbocycles. The summed E-state index contributed by atoms with van der Waals surface area (Å²) in [5.74, 6) is -0.201. The Kier molecular flexibility index (Phi) is 5.66. The second-order valence-electron chi connectivity index (χ2n) is 7.38. The summed E-state index contributed by atoms with van der Waals surface area (Å²) in [7, 11) is 0. The van der Waals surface area contributed by atoms with E-state index >= 15 is 0 Å². The van der Waals surface area contributed by atoms with Crippen LogP contribution in [0.2, 0.25) is 0 Å². The van der Waals surface area contributed by atoms with Crippen molar-refractivity contribution in [1.82, 2.24) is 25.4 Å². The van der Waals surface area contributed by atoms with E-state index in [4.69, 9.17) is 4.74 Å². The van der Waals surface area contributed by atoms with E-state index in [9.17, 15) is 9.59 Å². The van der Waals surface area contributed by atoms with Crippen molar-refractivity contribution in [2.75, 3.05) is 45.9 Å². The Hall–Kier alpha value is -2.03. The maximum atomic E-state index is 12.9. The largest absolute Gasteiger partial charge is 0.356 e. The molecule has 2 atom stereocenters. The van der Waals surface area contributed by atoms with Gasteiger partial charge in [0.15, 0.2) is 6.10 Å². The van der Waals surface area contributed by atoms with Crippen LogP contribution in [0.4, 0.5) is 0 Å². The van der Waals surface area contributed by atoms with E-state index < -0.39 is 12.1 Å². The van der Waals surface area contributed by atoms with Crippen LogP contribution in [0.1, 0.15) is 24.4 Å². The molecule has 2 aliphatic heterocycles. The molecule has 8 heteroatoms. The van der Waals surface area contributed by atoms with Gasteiger partial charge in [-0.15, -0.1) is 0 Å². The van der Waals surface area contributed by atoms with Gasteiger partial charge in [-0.1, -0.05) is 6.07 Å². The molecule has 0 spiro atoms. The fourth-order valence-corrected chi connectivity index (χ4v) is 3.89. The summed E-state index contributed by atoms with van der Waals surface area (Å²) in [5.41, 5.74) is 0.847. The van der Waals surface area contributed by atoms with Crippen molar-refractivity contribution in [2.45, 2.75) is 31.0 Å². The van der Waals surface area contributed by atoms with Gasteiger partial charge < -0.3 is 20.3 Å². The number of morpholine rings is 1. The molecular weight excluding hydrogens is 346 g/mol. The molecule has 2 saturated heterocycles. The number of aromatic nitrogens is 1. The second kappa shape index (κ2) is 8.33. The predicted molar refractivity (Wildman–Crippen MR) is 98.9 cm³/mol. The van der Waals surface area contributed by atoms with Gasteiger partial charge in [0, 0.05) is 57.7 Å². The molecule has 0 unspecified atom stereocenters. The van der Waals surface area contributed by atoms with Crippen LogP contribution < -0.4 is 10.6 Å². The molecule has 3 heterocycles. The van der Waals surface area contributed by atoms with Crippen molar-refractivity contribution in [3.05, 3.63) is 30.1 Å². The molecule has 1 aromatic heterocycles. The average Bonchev–Trinajstić information content (AvgIpc) is 3.54. The van der Waals surface area contributed by atoms with E-state index in [1.807, 2.05) is 17.0 Å². The van der Waals surface area contributed by atoms with E-state index in [0.29, 0.717) is 6.54 Å². The lowest BCUT2D eigenvalue weighted by Gasteiger charge is -2.40. The van der Waals surface area contributed by atoms with Crippen molar-refractivity contribution in [3.63, 3.8) is 0 Å². The summed E-state index contributed by atoms with van der Waals surface area (Å²) < 4.78 is 5.72. The first kappa shape index (κ1) is 18.3. The number of nitrogens with zero attached hydrogens (tertiary/aromatic N) is 3. The van der Waals surface area contributed by atoms with Crippen molar-refractivity contribution in [1.29, 1.82) is 0 Å². The van der Waals surface area contributed by atoms with Crippen LogP contribution in [0.25, 0.3) is 0 Å². The number of ether oxygens (including phenoxy) is 1. The Morgan fingerprint density at radius 2 is 2.15 bits per heavy atom. The summed E-state index contributed by atoms with van der Waals surface area (Å²) in [6.07, 6.45) is 4.69. The van der Waals surface area contributed by atoms with Gasteiger partial charge in [0.2, 0.25) is 5.91 Å². The number of carbonyl (C=O) groups is 2. The van der Waals surface area contributed by atoms with Gasteiger partial charge in [0.1, 0.15) is 6.61 Å². The summed E-state index contributed by atoms with van der Waals surface area (Å²) in [6, 6.07) is 3.55. The maximum Gasteiger partial charge on any atom is 0.251 e. The molecule has 1 aromatic rings. The quantitative estimate of drug-likeness (QED) is 0.701. The smallest absolute Gasteiger partial charge is 0.251 e. The Morgan fingerprint density at radius 3 is 2.85 bits per heavy atom. The Balaban J connectivity index is 1.44. The molecule has 2 N–H and O–H groups in total. The van der Waals surface area contributed by atoms with Crippen LogP contribution in [-0.2, 0) is 14.3 Å². The molecule has 3 aliphatic rings. The summed E-state index contributed by atoms with van der Waals surface area (Å²) in [6.45, 7) is 5.33. The van der Waals surface area contributed by atoms with Crippen LogP contribution in [0.15, 0.2) is 24.5 Å². The van der Waals surface area contributed by atoms with Crippen LogP contribution >= 0.6 is 0 Å². The standard InChI is InChI=1S/C19H27N5O3/c25-16-13-27-18(19(26)22-8-11-23-9-6-20-7-10-23)17(24(16)15-3-4-15)14-2-1-5-21-12-14/h1-2,5,12,15,17-18,20H,3-4,6-11,13H2,(H,22,26)/t17-,18+/m1/s1. The third-order valence-corrected chi connectivity index (χ3v) is 5.42. The second-order valence-corrected chi connectivity index (χ2v) is 7.38. The molecule has 0 bridgehead atoms. The first-order valence-electron chi connectivity index (χ1n) is 9.77. The number of hydrogen-bond acceptors (Lipinski definition) is 6. The minimum absolute atomic E-state index is 0.0385. The van der Waals surface area contributed by atoms with E-state index in [1.165, 1.54) is 0 Å². The first-order valence-corrected chi connectivity index (χ1v) is 9.77. The highest BCUT2D eigenvalue weighted by Crippen LogP contribution is 2.39. The van der Waals surface area contributed by atoms with Gasteiger partial charge >= 0.3 is 0 Å². The number of nitrogens with one attached hydrogen (secondary N) is 2. The Labute approximate surface area is 159 Å². The van der Waals surface area contributed by atoms with E-state index in [-0.39, 0.29) is 24.5 Å². The molecule has 146 valence electrons. The Bertz CT molecular complexity index is 661. The highest BCUT2D eigenvalue weighted by molar-refractivity contribution is 5.86. The molecule has 27 heavy (non-hydrogen) atoms. The van der Waals surface area contributed by atoms with E-state index in [1.54, 1.807) is 12.4 Å². The molecule has 1 saturated carbocycles.